The summed E-state index contributed by atoms with van der Waals surface area (Å²) < 4.78 is 5.93. The third kappa shape index (κ3) is 3.97. The number of carbonyl (C=O) groups excluding carboxylic acids is 2. The summed E-state index contributed by atoms with van der Waals surface area (Å²) in [6, 6.07) is 13.6. The summed E-state index contributed by atoms with van der Waals surface area (Å²) in [5.41, 5.74) is 3.90. The van der Waals surface area contributed by atoms with Crippen LogP contribution in [-0.4, -0.2) is 32.0 Å². The lowest BCUT2D eigenvalue weighted by atomic mass is 10.1. The number of rotatable bonds is 6. The van der Waals surface area contributed by atoms with Crippen LogP contribution >= 0.6 is 0 Å². The molecule has 0 aromatic heterocycles. The fraction of sp³-hybridized carbons (Fsp3) is 0.364. The van der Waals surface area contributed by atoms with Crippen molar-refractivity contribution in [2.24, 2.45) is 5.92 Å². The topological polar surface area (TPSA) is 49.9 Å². The maximum atomic E-state index is 12.9. The highest BCUT2D eigenvalue weighted by molar-refractivity contribution is 6.02. The van der Waals surface area contributed by atoms with Crippen molar-refractivity contribution in [2.45, 2.75) is 27.2 Å². The monoisotopic (exact) mass is 366 g/mol. The van der Waals surface area contributed by atoms with E-state index in [0.29, 0.717) is 26.1 Å². The van der Waals surface area contributed by atoms with E-state index in [0.717, 1.165) is 29.1 Å². The second-order valence-corrected chi connectivity index (χ2v) is 7.04. The predicted octanol–water partition coefficient (Wildman–Crippen LogP) is 3.72. The Morgan fingerprint density at radius 2 is 1.85 bits per heavy atom. The number of nitrogens with zero attached hydrogens (tertiary/aromatic N) is 2. The Bertz CT molecular complexity index is 834. The van der Waals surface area contributed by atoms with Crippen LogP contribution in [0.5, 0.6) is 5.75 Å². The third-order valence-electron chi connectivity index (χ3n) is 5.11. The molecule has 27 heavy (non-hydrogen) atoms. The van der Waals surface area contributed by atoms with Crippen molar-refractivity contribution in [2.75, 3.05) is 29.5 Å². The van der Waals surface area contributed by atoms with Gasteiger partial charge in [-0.3, -0.25) is 9.59 Å². The lowest BCUT2D eigenvalue weighted by Crippen LogP contribution is -2.37. The standard InChI is InChI=1S/C22H26N2O3/c1-16-8-6-11-21(18(16)3)27-13-7-12-24-20-10-5-4-9-19(20)23(15-25)14-17(2)22(24)26/h4-6,8-11,15,17H,7,12-14H2,1-3H3. The first-order valence-electron chi connectivity index (χ1n) is 9.34. The summed E-state index contributed by atoms with van der Waals surface area (Å²) in [5.74, 6) is 0.680. The molecule has 1 heterocycles. The lowest BCUT2D eigenvalue weighted by molar-refractivity contribution is -0.121. The lowest BCUT2D eigenvalue weighted by Gasteiger charge is -2.24. The number of benzene rings is 2. The zero-order valence-electron chi connectivity index (χ0n) is 16.1. The summed E-state index contributed by atoms with van der Waals surface area (Å²) in [7, 11) is 0. The van der Waals surface area contributed by atoms with Crippen LogP contribution in [0.4, 0.5) is 11.4 Å². The van der Waals surface area contributed by atoms with Gasteiger partial charge in [0.15, 0.2) is 0 Å². The minimum absolute atomic E-state index is 0.0403. The van der Waals surface area contributed by atoms with Gasteiger partial charge in [0.05, 0.1) is 23.9 Å². The molecule has 0 spiro atoms. The van der Waals surface area contributed by atoms with Gasteiger partial charge in [-0.25, -0.2) is 0 Å². The highest BCUT2D eigenvalue weighted by Crippen LogP contribution is 2.33. The summed E-state index contributed by atoms with van der Waals surface area (Å²) in [6.45, 7) is 7.46. The van der Waals surface area contributed by atoms with Gasteiger partial charge in [-0.05, 0) is 49.6 Å². The molecule has 142 valence electrons. The molecule has 0 saturated carbocycles. The molecule has 1 aliphatic rings. The largest absolute Gasteiger partial charge is 0.493 e. The smallest absolute Gasteiger partial charge is 0.231 e. The maximum absolute atomic E-state index is 12.9. The van der Waals surface area contributed by atoms with Crippen molar-refractivity contribution in [3.63, 3.8) is 0 Å². The first-order valence-corrected chi connectivity index (χ1v) is 9.34. The molecular weight excluding hydrogens is 340 g/mol. The molecule has 5 nitrogen and oxygen atoms in total. The van der Waals surface area contributed by atoms with Crippen LogP contribution in [0.3, 0.4) is 0 Å². The Morgan fingerprint density at radius 3 is 2.59 bits per heavy atom. The van der Waals surface area contributed by atoms with Gasteiger partial charge in [0.25, 0.3) is 0 Å². The second-order valence-electron chi connectivity index (χ2n) is 7.04. The van der Waals surface area contributed by atoms with Gasteiger partial charge >= 0.3 is 0 Å². The van der Waals surface area contributed by atoms with E-state index in [9.17, 15) is 9.59 Å². The van der Waals surface area contributed by atoms with Gasteiger partial charge in [-0.1, -0.05) is 31.2 Å². The normalized spacial score (nSPS) is 16.7. The number of aryl methyl sites for hydroxylation is 1. The molecule has 0 N–H and O–H groups in total. The van der Waals surface area contributed by atoms with Crippen LogP contribution in [0, 0.1) is 19.8 Å². The molecule has 1 atom stereocenters. The van der Waals surface area contributed by atoms with Crippen LogP contribution in [0.15, 0.2) is 42.5 Å². The molecule has 0 saturated heterocycles. The number of hydrogen-bond acceptors (Lipinski definition) is 3. The summed E-state index contributed by atoms with van der Waals surface area (Å²) in [6.07, 6.45) is 1.51. The van der Waals surface area contributed by atoms with E-state index in [1.54, 1.807) is 9.80 Å². The van der Waals surface area contributed by atoms with Crippen LogP contribution in [-0.2, 0) is 9.59 Å². The molecule has 1 unspecified atom stereocenters. The SMILES string of the molecule is Cc1cccc(OCCCN2C(=O)C(C)CN(C=O)c3ccccc32)c1C. The quantitative estimate of drug-likeness (QED) is 0.578. The molecule has 0 radical (unpaired) electrons. The van der Waals surface area contributed by atoms with Crippen molar-refractivity contribution in [1.29, 1.82) is 0 Å². The molecule has 3 rings (SSSR count). The first-order chi connectivity index (χ1) is 13.0. The molecule has 2 amide bonds. The van der Waals surface area contributed by atoms with Gasteiger partial charge in [0, 0.05) is 13.1 Å². The number of amides is 2. The van der Waals surface area contributed by atoms with Crippen LogP contribution in [0.2, 0.25) is 0 Å². The average molecular weight is 366 g/mol. The van der Waals surface area contributed by atoms with E-state index < -0.39 is 0 Å². The zero-order chi connectivity index (χ0) is 19.4. The number of para-hydroxylation sites is 2. The molecule has 0 fully saturated rings. The maximum Gasteiger partial charge on any atom is 0.231 e. The minimum atomic E-state index is -0.248. The highest BCUT2D eigenvalue weighted by atomic mass is 16.5. The van der Waals surface area contributed by atoms with Crippen LogP contribution < -0.4 is 14.5 Å². The summed E-state index contributed by atoms with van der Waals surface area (Å²) in [4.78, 5) is 27.8. The van der Waals surface area contributed by atoms with Gasteiger partial charge in [0.2, 0.25) is 12.3 Å². The minimum Gasteiger partial charge on any atom is -0.493 e. The van der Waals surface area contributed by atoms with E-state index >= 15 is 0 Å². The number of carbonyl (C=O) groups is 2. The fourth-order valence-electron chi connectivity index (χ4n) is 3.41. The van der Waals surface area contributed by atoms with Crippen molar-refractivity contribution < 1.29 is 14.3 Å². The molecule has 5 heteroatoms. The van der Waals surface area contributed by atoms with Gasteiger partial charge in [-0.2, -0.15) is 0 Å². The Morgan fingerprint density at radius 1 is 1.11 bits per heavy atom. The summed E-state index contributed by atoms with van der Waals surface area (Å²) in [5, 5.41) is 0. The van der Waals surface area contributed by atoms with Crippen molar-refractivity contribution >= 4 is 23.7 Å². The molecule has 1 aliphatic heterocycles. The molecule has 0 bridgehead atoms. The third-order valence-corrected chi connectivity index (χ3v) is 5.11. The molecule has 0 aliphatic carbocycles. The van der Waals surface area contributed by atoms with Crippen molar-refractivity contribution in [1.82, 2.24) is 0 Å². The Balaban J connectivity index is 1.71. The Labute approximate surface area is 160 Å². The van der Waals surface area contributed by atoms with Crippen molar-refractivity contribution in [3.05, 3.63) is 53.6 Å². The Kier molecular flexibility index (Phi) is 5.79. The summed E-state index contributed by atoms with van der Waals surface area (Å²) >= 11 is 0. The van der Waals surface area contributed by atoms with E-state index in [1.165, 1.54) is 5.56 Å². The number of hydrogen-bond donors (Lipinski definition) is 0. The number of ether oxygens (including phenoxy) is 1. The molecular formula is C22H26N2O3. The van der Waals surface area contributed by atoms with Gasteiger partial charge in [-0.15, -0.1) is 0 Å². The Hall–Kier alpha value is -2.82. The predicted molar refractivity (Wildman–Crippen MR) is 107 cm³/mol. The zero-order valence-corrected chi connectivity index (χ0v) is 16.1. The average Bonchev–Trinajstić information content (AvgIpc) is 2.78. The van der Waals surface area contributed by atoms with E-state index in [1.807, 2.05) is 43.3 Å². The number of anilines is 2. The first kappa shape index (κ1) is 19.0. The van der Waals surface area contributed by atoms with Crippen LogP contribution in [0.1, 0.15) is 24.5 Å². The van der Waals surface area contributed by atoms with E-state index in [2.05, 4.69) is 19.9 Å². The molecule has 2 aromatic rings. The van der Waals surface area contributed by atoms with Gasteiger partial charge in [0.1, 0.15) is 5.75 Å². The van der Waals surface area contributed by atoms with E-state index in [4.69, 9.17) is 4.74 Å². The van der Waals surface area contributed by atoms with Crippen LogP contribution in [0.25, 0.3) is 0 Å². The second kappa shape index (κ2) is 8.25. The van der Waals surface area contributed by atoms with E-state index in [-0.39, 0.29) is 11.8 Å². The van der Waals surface area contributed by atoms with Gasteiger partial charge < -0.3 is 14.5 Å². The van der Waals surface area contributed by atoms with Crippen molar-refractivity contribution in [3.8, 4) is 5.75 Å². The number of fused-ring (bicyclic) bond motifs is 1. The fourth-order valence-corrected chi connectivity index (χ4v) is 3.41. The highest BCUT2D eigenvalue weighted by Gasteiger charge is 2.30. The molecule has 2 aromatic carbocycles.